The number of esters is 1. The van der Waals surface area contributed by atoms with Crippen molar-refractivity contribution in [2.45, 2.75) is 6.92 Å². The van der Waals surface area contributed by atoms with E-state index in [2.05, 4.69) is 4.74 Å². The summed E-state index contributed by atoms with van der Waals surface area (Å²) in [5.41, 5.74) is 0.938. The molecule has 8 heteroatoms. The Kier molecular flexibility index (Phi) is 4.60. The molecule has 1 aromatic carbocycles. The second kappa shape index (κ2) is 6.12. The molecule has 0 aliphatic carbocycles. The van der Waals surface area contributed by atoms with Crippen LogP contribution < -0.4 is 9.21 Å². The molecule has 0 saturated heterocycles. The number of nitrogens with zero attached hydrogens (tertiary/aromatic N) is 2. The molecule has 1 aromatic rings. The molecule has 6 nitrogen and oxygen atoms in total. The Morgan fingerprint density at radius 1 is 1.36 bits per heavy atom. The number of hydrogen-bond acceptors (Lipinski definition) is 5. The zero-order valence-electron chi connectivity index (χ0n) is 12.7. The van der Waals surface area contributed by atoms with Gasteiger partial charge in [0.25, 0.3) is 0 Å². The summed E-state index contributed by atoms with van der Waals surface area (Å²) in [6, 6.07) is 3.98. The average Bonchev–Trinajstić information content (AvgIpc) is 2.46. The van der Waals surface area contributed by atoms with E-state index < -0.39 is 27.7 Å². The van der Waals surface area contributed by atoms with Crippen LogP contribution in [0.4, 0.5) is 15.8 Å². The second-order valence-electron chi connectivity index (χ2n) is 5.33. The van der Waals surface area contributed by atoms with Gasteiger partial charge < -0.3 is 9.64 Å². The molecule has 2 rings (SSSR count). The van der Waals surface area contributed by atoms with Crippen molar-refractivity contribution in [3.8, 4) is 0 Å². The van der Waals surface area contributed by atoms with E-state index in [4.69, 9.17) is 0 Å². The van der Waals surface area contributed by atoms with Crippen LogP contribution in [0.1, 0.15) is 6.92 Å². The SMILES string of the molecule is COC(=O)[C@H](C)CS(=O)(=O)N1CCN(C)c2cc(F)ccc21. The Balaban J connectivity index is 2.34. The predicted molar refractivity (Wildman–Crippen MR) is 82.0 cm³/mol. The topological polar surface area (TPSA) is 66.9 Å². The third-order valence-corrected chi connectivity index (χ3v) is 5.63. The maximum atomic E-state index is 13.4. The third kappa shape index (κ3) is 3.16. The lowest BCUT2D eigenvalue weighted by atomic mass is 10.2. The molecule has 0 amide bonds. The van der Waals surface area contributed by atoms with Crippen molar-refractivity contribution < 1.29 is 22.3 Å². The standard InChI is InChI=1S/C14H19FN2O4S/c1-10(14(18)21-3)9-22(19,20)17-7-6-16(2)13-8-11(15)4-5-12(13)17/h4-5,8,10H,6-7,9H2,1-3H3/t10-/m1/s1. The van der Waals surface area contributed by atoms with Crippen molar-refractivity contribution >= 4 is 27.4 Å². The molecule has 0 N–H and O–H groups in total. The van der Waals surface area contributed by atoms with E-state index in [-0.39, 0.29) is 12.3 Å². The molecule has 1 aliphatic heterocycles. The van der Waals surface area contributed by atoms with E-state index >= 15 is 0 Å². The number of sulfonamides is 1. The highest BCUT2D eigenvalue weighted by molar-refractivity contribution is 7.92. The van der Waals surface area contributed by atoms with Crippen molar-refractivity contribution in [3.05, 3.63) is 24.0 Å². The van der Waals surface area contributed by atoms with Gasteiger partial charge in [0.15, 0.2) is 0 Å². The van der Waals surface area contributed by atoms with Crippen molar-refractivity contribution in [1.29, 1.82) is 0 Å². The van der Waals surface area contributed by atoms with Crippen LogP contribution in [-0.4, -0.2) is 47.4 Å². The van der Waals surface area contributed by atoms with Gasteiger partial charge >= 0.3 is 5.97 Å². The number of rotatable bonds is 4. The Morgan fingerprint density at radius 2 is 2.05 bits per heavy atom. The van der Waals surface area contributed by atoms with Crippen molar-refractivity contribution in [3.63, 3.8) is 0 Å². The first kappa shape index (κ1) is 16.5. The minimum absolute atomic E-state index is 0.255. The number of likely N-dealkylation sites (N-methyl/N-ethyl adjacent to an activating group) is 1. The molecular weight excluding hydrogens is 311 g/mol. The monoisotopic (exact) mass is 330 g/mol. The van der Waals surface area contributed by atoms with E-state index in [0.717, 1.165) is 0 Å². The van der Waals surface area contributed by atoms with Gasteiger partial charge in [-0.1, -0.05) is 6.92 Å². The molecule has 0 bridgehead atoms. The zero-order chi connectivity index (χ0) is 16.5. The normalized spacial score (nSPS) is 16.2. The van der Waals surface area contributed by atoms with Crippen molar-refractivity contribution in [1.82, 2.24) is 0 Å². The number of anilines is 2. The first-order chi connectivity index (χ1) is 10.3. The molecule has 1 heterocycles. The van der Waals surface area contributed by atoms with Gasteiger partial charge in [0.1, 0.15) is 5.82 Å². The molecule has 1 atom stereocenters. The maximum absolute atomic E-state index is 13.4. The fourth-order valence-electron chi connectivity index (χ4n) is 2.46. The second-order valence-corrected chi connectivity index (χ2v) is 7.27. The number of fused-ring (bicyclic) bond motifs is 1. The van der Waals surface area contributed by atoms with Crippen LogP contribution in [0.5, 0.6) is 0 Å². The number of halogens is 1. The number of benzene rings is 1. The van der Waals surface area contributed by atoms with E-state index in [1.807, 2.05) is 0 Å². The summed E-state index contributed by atoms with van der Waals surface area (Å²) in [7, 11) is -0.705. The summed E-state index contributed by atoms with van der Waals surface area (Å²) in [6.45, 7) is 2.21. The van der Waals surface area contributed by atoms with Gasteiger partial charge in [0.05, 0.1) is 36.7 Å². The van der Waals surface area contributed by atoms with Crippen molar-refractivity contribution in [2.75, 3.05) is 42.2 Å². The van der Waals surface area contributed by atoms with Crippen LogP contribution in [0.25, 0.3) is 0 Å². The largest absolute Gasteiger partial charge is 0.469 e. The zero-order valence-corrected chi connectivity index (χ0v) is 13.6. The molecule has 0 radical (unpaired) electrons. The molecule has 0 fully saturated rings. The molecule has 0 unspecified atom stereocenters. The number of methoxy groups -OCH3 is 1. The van der Waals surface area contributed by atoms with E-state index in [1.54, 1.807) is 11.9 Å². The van der Waals surface area contributed by atoms with Gasteiger partial charge in [-0.25, -0.2) is 12.8 Å². The first-order valence-electron chi connectivity index (χ1n) is 6.85. The van der Waals surface area contributed by atoms with Crippen LogP contribution in [-0.2, 0) is 19.6 Å². The van der Waals surface area contributed by atoms with Gasteiger partial charge in [-0.3, -0.25) is 9.10 Å². The van der Waals surface area contributed by atoms with Crippen LogP contribution >= 0.6 is 0 Å². The Morgan fingerprint density at radius 3 is 2.68 bits per heavy atom. The van der Waals surface area contributed by atoms with Crippen LogP contribution in [0.3, 0.4) is 0 Å². The quantitative estimate of drug-likeness (QED) is 0.777. The van der Waals surface area contributed by atoms with Gasteiger partial charge in [0.2, 0.25) is 10.0 Å². The smallest absolute Gasteiger partial charge is 0.309 e. The van der Waals surface area contributed by atoms with Gasteiger partial charge in [0, 0.05) is 13.6 Å². The van der Waals surface area contributed by atoms with Gasteiger partial charge in [-0.15, -0.1) is 0 Å². The lowest BCUT2D eigenvalue weighted by molar-refractivity contribution is -0.144. The fourth-order valence-corrected chi connectivity index (χ4v) is 4.22. The average molecular weight is 330 g/mol. The maximum Gasteiger partial charge on any atom is 0.309 e. The molecule has 0 spiro atoms. The number of hydrogen-bond donors (Lipinski definition) is 0. The third-order valence-electron chi connectivity index (χ3n) is 3.66. The van der Waals surface area contributed by atoms with E-state index in [0.29, 0.717) is 17.9 Å². The van der Waals surface area contributed by atoms with E-state index in [9.17, 15) is 17.6 Å². The Hall–Kier alpha value is -1.83. The summed E-state index contributed by atoms with van der Waals surface area (Å²) in [5.74, 6) is -2.11. The number of carbonyl (C=O) groups is 1. The number of ether oxygens (including phenoxy) is 1. The van der Waals surface area contributed by atoms with Gasteiger partial charge in [-0.05, 0) is 18.2 Å². The fraction of sp³-hybridized carbons (Fsp3) is 0.500. The van der Waals surface area contributed by atoms with Crippen molar-refractivity contribution in [2.24, 2.45) is 5.92 Å². The summed E-state index contributed by atoms with van der Waals surface area (Å²) in [6.07, 6.45) is 0. The van der Waals surface area contributed by atoms with Crippen LogP contribution in [0.15, 0.2) is 18.2 Å². The minimum Gasteiger partial charge on any atom is -0.469 e. The van der Waals surface area contributed by atoms with Crippen LogP contribution in [0.2, 0.25) is 0 Å². The Labute approximate surface area is 129 Å². The molecular formula is C14H19FN2O4S. The Bertz CT molecular complexity index is 677. The number of carbonyl (C=O) groups excluding carboxylic acids is 1. The lowest BCUT2D eigenvalue weighted by Crippen LogP contribution is -2.45. The first-order valence-corrected chi connectivity index (χ1v) is 8.46. The summed E-state index contributed by atoms with van der Waals surface area (Å²) < 4.78 is 44.4. The highest BCUT2D eigenvalue weighted by atomic mass is 32.2. The highest BCUT2D eigenvalue weighted by Crippen LogP contribution is 2.34. The molecule has 1 aliphatic rings. The minimum atomic E-state index is -3.70. The molecule has 0 saturated carbocycles. The predicted octanol–water partition coefficient (Wildman–Crippen LogP) is 1.22. The van der Waals surface area contributed by atoms with Crippen LogP contribution in [0, 0.1) is 11.7 Å². The molecule has 122 valence electrons. The summed E-state index contributed by atoms with van der Waals surface area (Å²) in [5, 5.41) is 0. The summed E-state index contributed by atoms with van der Waals surface area (Å²) >= 11 is 0. The highest BCUT2D eigenvalue weighted by Gasteiger charge is 2.32. The van der Waals surface area contributed by atoms with E-state index in [1.165, 1.54) is 36.5 Å². The van der Waals surface area contributed by atoms with Gasteiger partial charge in [-0.2, -0.15) is 0 Å². The lowest BCUT2D eigenvalue weighted by Gasteiger charge is -2.36. The summed E-state index contributed by atoms with van der Waals surface area (Å²) in [4.78, 5) is 13.3. The molecule has 22 heavy (non-hydrogen) atoms. The molecule has 0 aromatic heterocycles.